The van der Waals surface area contributed by atoms with Crippen LogP contribution >= 0.6 is 0 Å². The molecular weight excluding hydrogens is 236 g/mol. The van der Waals surface area contributed by atoms with Gasteiger partial charge in [0.05, 0.1) is 17.9 Å². The summed E-state index contributed by atoms with van der Waals surface area (Å²) in [5.74, 6) is -1.09. The minimum Gasteiger partial charge on any atom is -0.478 e. The summed E-state index contributed by atoms with van der Waals surface area (Å²) >= 11 is 0. The predicted octanol–water partition coefficient (Wildman–Crippen LogP) is 1.15. The number of hydrogen-bond donors (Lipinski definition) is 3. The maximum Gasteiger partial charge on any atom is 0.338 e. The SMILES string of the molecule is Cc1cccc(NC(=O)N(C)CCO)c1C(=O)O. The second-order valence-electron chi connectivity index (χ2n) is 3.88. The largest absolute Gasteiger partial charge is 0.478 e. The second-order valence-corrected chi connectivity index (χ2v) is 3.88. The van der Waals surface area contributed by atoms with Crippen LogP contribution in [0.5, 0.6) is 0 Å². The number of rotatable bonds is 4. The fraction of sp³-hybridized carbons (Fsp3) is 0.333. The van der Waals surface area contributed by atoms with Gasteiger partial charge in [0.1, 0.15) is 0 Å². The van der Waals surface area contributed by atoms with E-state index in [1.807, 2.05) is 0 Å². The summed E-state index contributed by atoms with van der Waals surface area (Å²) in [7, 11) is 1.52. The summed E-state index contributed by atoms with van der Waals surface area (Å²) in [6, 6.07) is 4.40. The van der Waals surface area contributed by atoms with E-state index in [1.165, 1.54) is 18.0 Å². The number of likely N-dealkylation sites (N-methyl/N-ethyl adjacent to an activating group) is 1. The number of hydrogen-bond acceptors (Lipinski definition) is 3. The van der Waals surface area contributed by atoms with E-state index >= 15 is 0 Å². The van der Waals surface area contributed by atoms with Gasteiger partial charge in [-0.3, -0.25) is 0 Å². The molecule has 1 rings (SSSR count). The molecule has 0 atom stereocenters. The Balaban J connectivity index is 2.94. The number of benzene rings is 1. The Morgan fingerprint density at radius 2 is 2.06 bits per heavy atom. The molecule has 0 fully saturated rings. The van der Waals surface area contributed by atoms with Crippen molar-refractivity contribution < 1.29 is 19.8 Å². The predicted molar refractivity (Wildman–Crippen MR) is 66.9 cm³/mol. The van der Waals surface area contributed by atoms with Crippen molar-refractivity contribution in [2.45, 2.75) is 6.92 Å². The van der Waals surface area contributed by atoms with Crippen molar-refractivity contribution in [1.82, 2.24) is 4.90 Å². The molecule has 18 heavy (non-hydrogen) atoms. The standard InChI is InChI=1S/C12H16N2O4/c1-8-4-3-5-9(10(8)11(16)17)13-12(18)14(2)6-7-15/h3-5,15H,6-7H2,1-2H3,(H,13,18)(H,16,17). The number of nitrogens with zero attached hydrogens (tertiary/aromatic N) is 1. The highest BCUT2D eigenvalue weighted by Crippen LogP contribution is 2.19. The molecule has 0 aliphatic heterocycles. The Morgan fingerprint density at radius 3 is 2.61 bits per heavy atom. The molecule has 0 saturated carbocycles. The average Bonchev–Trinajstić information content (AvgIpc) is 2.28. The molecule has 2 amide bonds. The Bertz CT molecular complexity index is 459. The van der Waals surface area contributed by atoms with E-state index in [0.717, 1.165) is 0 Å². The molecule has 0 radical (unpaired) electrons. The number of carboxylic acids is 1. The molecule has 0 spiro atoms. The monoisotopic (exact) mass is 252 g/mol. The minimum absolute atomic E-state index is 0.0725. The van der Waals surface area contributed by atoms with Crippen molar-refractivity contribution >= 4 is 17.7 Å². The van der Waals surface area contributed by atoms with E-state index in [0.29, 0.717) is 5.56 Å². The summed E-state index contributed by atoms with van der Waals surface area (Å²) in [5, 5.41) is 20.3. The Morgan fingerprint density at radius 1 is 1.39 bits per heavy atom. The van der Waals surface area contributed by atoms with E-state index in [1.54, 1.807) is 19.1 Å². The lowest BCUT2D eigenvalue weighted by Gasteiger charge is -2.18. The molecule has 6 heteroatoms. The Labute approximate surface area is 105 Å². The Hall–Kier alpha value is -2.08. The van der Waals surface area contributed by atoms with Crippen molar-refractivity contribution in [3.63, 3.8) is 0 Å². The van der Waals surface area contributed by atoms with Crippen LogP contribution in [0.25, 0.3) is 0 Å². The van der Waals surface area contributed by atoms with Gasteiger partial charge < -0.3 is 20.4 Å². The quantitative estimate of drug-likeness (QED) is 0.749. The molecule has 6 nitrogen and oxygen atoms in total. The highest BCUT2D eigenvalue weighted by Gasteiger charge is 2.16. The van der Waals surface area contributed by atoms with Crippen molar-refractivity contribution in [2.24, 2.45) is 0 Å². The first-order valence-electron chi connectivity index (χ1n) is 5.43. The maximum atomic E-state index is 11.7. The fourth-order valence-electron chi connectivity index (χ4n) is 1.52. The van der Waals surface area contributed by atoms with Crippen LogP contribution in [0, 0.1) is 6.92 Å². The zero-order valence-corrected chi connectivity index (χ0v) is 10.3. The van der Waals surface area contributed by atoms with Crippen LogP contribution in [0.15, 0.2) is 18.2 Å². The highest BCUT2D eigenvalue weighted by molar-refractivity contribution is 6.01. The van der Waals surface area contributed by atoms with Crippen LogP contribution in [-0.4, -0.2) is 47.3 Å². The molecule has 0 aliphatic rings. The van der Waals surface area contributed by atoms with Crippen LogP contribution in [0.2, 0.25) is 0 Å². The highest BCUT2D eigenvalue weighted by atomic mass is 16.4. The zero-order valence-electron chi connectivity index (χ0n) is 10.3. The number of aliphatic hydroxyl groups is 1. The average molecular weight is 252 g/mol. The molecule has 0 unspecified atom stereocenters. The number of aryl methyl sites for hydroxylation is 1. The number of carbonyl (C=O) groups is 2. The first-order valence-corrected chi connectivity index (χ1v) is 5.43. The third-order valence-electron chi connectivity index (χ3n) is 2.51. The van der Waals surface area contributed by atoms with Crippen molar-refractivity contribution in [3.05, 3.63) is 29.3 Å². The van der Waals surface area contributed by atoms with Gasteiger partial charge in [-0.05, 0) is 18.6 Å². The first kappa shape index (κ1) is 14.0. The lowest BCUT2D eigenvalue weighted by molar-refractivity contribution is 0.0697. The van der Waals surface area contributed by atoms with Gasteiger partial charge >= 0.3 is 12.0 Å². The van der Waals surface area contributed by atoms with E-state index in [2.05, 4.69) is 5.32 Å². The van der Waals surface area contributed by atoms with Gasteiger partial charge in [-0.15, -0.1) is 0 Å². The van der Waals surface area contributed by atoms with Crippen molar-refractivity contribution in [2.75, 3.05) is 25.5 Å². The van der Waals surface area contributed by atoms with Gasteiger partial charge in [0.25, 0.3) is 0 Å². The summed E-state index contributed by atoms with van der Waals surface area (Å²) < 4.78 is 0. The molecule has 0 aliphatic carbocycles. The normalized spacial score (nSPS) is 9.94. The summed E-state index contributed by atoms with van der Waals surface area (Å²) in [6.07, 6.45) is 0. The number of anilines is 1. The maximum absolute atomic E-state index is 11.7. The van der Waals surface area contributed by atoms with E-state index < -0.39 is 12.0 Å². The van der Waals surface area contributed by atoms with Crippen LogP contribution in [0.3, 0.4) is 0 Å². The number of aromatic carboxylic acids is 1. The number of carbonyl (C=O) groups excluding carboxylic acids is 1. The van der Waals surface area contributed by atoms with E-state index in [4.69, 9.17) is 10.2 Å². The Kier molecular flexibility index (Phi) is 4.67. The number of nitrogens with one attached hydrogen (secondary N) is 1. The van der Waals surface area contributed by atoms with Gasteiger partial charge in [0, 0.05) is 13.6 Å². The molecule has 1 aromatic rings. The minimum atomic E-state index is -1.09. The lowest BCUT2D eigenvalue weighted by Crippen LogP contribution is -2.34. The molecule has 3 N–H and O–H groups in total. The number of carboxylic acid groups (broad SMARTS) is 1. The number of aliphatic hydroxyl groups excluding tert-OH is 1. The first-order chi connectivity index (χ1) is 8.47. The summed E-state index contributed by atoms with van der Waals surface area (Å²) in [4.78, 5) is 24.1. The van der Waals surface area contributed by atoms with Crippen LogP contribution in [0.4, 0.5) is 10.5 Å². The van der Waals surface area contributed by atoms with Crippen LogP contribution in [-0.2, 0) is 0 Å². The molecule has 0 aromatic heterocycles. The van der Waals surface area contributed by atoms with Gasteiger partial charge in [0.2, 0.25) is 0 Å². The van der Waals surface area contributed by atoms with Crippen molar-refractivity contribution in [3.8, 4) is 0 Å². The molecule has 0 bridgehead atoms. The molecule has 0 saturated heterocycles. The van der Waals surface area contributed by atoms with Crippen molar-refractivity contribution in [1.29, 1.82) is 0 Å². The van der Waals surface area contributed by atoms with Gasteiger partial charge in [-0.1, -0.05) is 12.1 Å². The third-order valence-corrected chi connectivity index (χ3v) is 2.51. The van der Waals surface area contributed by atoms with Crippen LogP contribution in [0.1, 0.15) is 15.9 Å². The summed E-state index contributed by atoms with van der Waals surface area (Å²) in [6.45, 7) is 1.69. The number of amides is 2. The smallest absolute Gasteiger partial charge is 0.338 e. The number of urea groups is 1. The molecule has 1 aromatic carbocycles. The molecule has 0 heterocycles. The van der Waals surface area contributed by atoms with E-state index in [9.17, 15) is 9.59 Å². The van der Waals surface area contributed by atoms with Crippen LogP contribution < -0.4 is 5.32 Å². The van der Waals surface area contributed by atoms with Gasteiger partial charge in [-0.25, -0.2) is 9.59 Å². The molecule has 98 valence electrons. The van der Waals surface area contributed by atoms with E-state index in [-0.39, 0.29) is 24.4 Å². The third kappa shape index (κ3) is 3.21. The lowest BCUT2D eigenvalue weighted by atomic mass is 10.1. The molecular formula is C12H16N2O4. The fourth-order valence-corrected chi connectivity index (χ4v) is 1.52. The zero-order chi connectivity index (χ0) is 13.7. The van der Waals surface area contributed by atoms with Gasteiger partial charge in [0.15, 0.2) is 0 Å². The van der Waals surface area contributed by atoms with Gasteiger partial charge in [-0.2, -0.15) is 0 Å². The summed E-state index contributed by atoms with van der Waals surface area (Å²) in [5.41, 5.74) is 0.894. The topological polar surface area (TPSA) is 89.9 Å². The second kappa shape index (κ2) is 6.02.